The Bertz CT molecular complexity index is 3190. The largest absolute Gasteiger partial charge is 0.310 e. The van der Waals surface area contributed by atoms with E-state index in [4.69, 9.17) is 0 Å². The van der Waals surface area contributed by atoms with Crippen molar-refractivity contribution in [3.8, 4) is 55.6 Å². The first-order valence-corrected chi connectivity index (χ1v) is 21.2. The first-order chi connectivity index (χ1) is 29.0. The molecule has 0 fully saturated rings. The number of rotatable bonds is 7. The molecule has 2 heteroatoms. The molecular formula is C57H41NS. The summed E-state index contributed by atoms with van der Waals surface area (Å²) in [6.45, 7) is 4.68. The van der Waals surface area contributed by atoms with Crippen LogP contribution in [0.25, 0.3) is 75.8 Å². The number of fused-ring (bicyclic) bond motifs is 6. The molecule has 1 aliphatic carbocycles. The summed E-state index contributed by atoms with van der Waals surface area (Å²) in [5.41, 5.74) is 18.4. The highest BCUT2D eigenvalue weighted by Crippen LogP contribution is 2.50. The van der Waals surface area contributed by atoms with E-state index in [0.717, 1.165) is 17.1 Å². The van der Waals surface area contributed by atoms with Crippen LogP contribution in [0.5, 0.6) is 0 Å². The molecule has 59 heavy (non-hydrogen) atoms. The monoisotopic (exact) mass is 771 g/mol. The van der Waals surface area contributed by atoms with Crippen LogP contribution in [0.1, 0.15) is 25.0 Å². The van der Waals surface area contributed by atoms with Crippen molar-refractivity contribution in [2.45, 2.75) is 19.3 Å². The van der Waals surface area contributed by atoms with Gasteiger partial charge in [0.25, 0.3) is 0 Å². The van der Waals surface area contributed by atoms with Crippen molar-refractivity contribution in [3.63, 3.8) is 0 Å². The predicted molar refractivity (Wildman–Crippen MR) is 253 cm³/mol. The molecule has 0 saturated heterocycles. The molecule has 10 aromatic rings. The van der Waals surface area contributed by atoms with Crippen molar-refractivity contribution >= 4 is 48.6 Å². The zero-order valence-electron chi connectivity index (χ0n) is 33.1. The van der Waals surface area contributed by atoms with E-state index in [-0.39, 0.29) is 5.41 Å². The van der Waals surface area contributed by atoms with Gasteiger partial charge in [0.1, 0.15) is 0 Å². The molecule has 1 aromatic heterocycles. The summed E-state index contributed by atoms with van der Waals surface area (Å²) in [6.07, 6.45) is 0. The van der Waals surface area contributed by atoms with E-state index in [9.17, 15) is 0 Å². The number of anilines is 3. The van der Waals surface area contributed by atoms with Crippen molar-refractivity contribution in [2.24, 2.45) is 0 Å². The molecule has 0 unspecified atom stereocenters. The molecule has 0 amide bonds. The van der Waals surface area contributed by atoms with Gasteiger partial charge in [-0.1, -0.05) is 166 Å². The molecular weight excluding hydrogens is 731 g/mol. The molecule has 1 aliphatic rings. The van der Waals surface area contributed by atoms with Crippen LogP contribution in [0.4, 0.5) is 17.1 Å². The maximum Gasteiger partial charge on any atom is 0.0467 e. The maximum absolute atomic E-state index is 2.39. The normalized spacial score (nSPS) is 12.7. The minimum absolute atomic E-state index is 0.00644. The van der Waals surface area contributed by atoms with Gasteiger partial charge in [-0.2, -0.15) is 0 Å². The second-order valence-electron chi connectivity index (χ2n) is 16.2. The smallest absolute Gasteiger partial charge is 0.0467 e. The van der Waals surface area contributed by atoms with Crippen LogP contribution >= 0.6 is 11.3 Å². The Morgan fingerprint density at radius 3 is 1.59 bits per heavy atom. The lowest BCUT2D eigenvalue weighted by molar-refractivity contribution is 0.660. The Morgan fingerprint density at radius 1 is 0.322 bits per heavy atom. The highest BCUT2D eigenvalue weighted by atomic mass is 32.1. The van der Waals surface area contributed by atoms with E-state index in [1.54, 1.807) is 0 Å². The number of benzene rings is 9. The average Bonchev–Trinajstić information content (AvgIpc) is 3.78. The minimum Gasteiger partial charge on any atom is -0.310 e. The molecule has 280 valence electrons. The SMILES string of the molecule is CC1(C)c2ccccc2-c2cc(-c3cccc(-c4cccc(N(c5ccc(-c6ccc7c(c6)sc6ccccc67)cc5)c5cccc(-c6ccccc6)c5)c4)c3)ccc21. The second-order valence-corrected chi connectivity index (χ2v) is 17.3. The number of thiophene rings is 1. The number of nitrogens with zero attached hydrogens (tertiary/aromatic N) is 1. The van der Waals surface area contributed by atoms with Gasteiger partial charge < -0.3 is 4.90 Å². The van der Waals surface area contributed by atoms with Gasteiger partial charge in [-0.05, 0) is 127 Å². The van der Waals surface area contributed by atoms with E-state index < -0.39 is 0 Å². The van der Waals surface area contributed by atoms with Crippen LogP contribution in [0, 0.1) is 0 Å². The summed E-state index contributed by atoms with van der Waals surface area (Å²) in [7, 11) is 0. The lowest BCUT2D eigenvalue weighted by Crippen LogP contribution is -2.14. The topological polar surface area (TPSA) is 3.24 Å². The summed E-state index contributed by atoms with van der Waals surface area (Å²) in [5, 5.41) is 2.65. The Balaban J connectivity index is 0.975. The molecule has 0 saturated carbocycles. The highest BCUT2D eigenvalue weighted by Gasteiger charge is 2.35. The Kier molecular flexibility index (Phi) is 8.43. The van der Waals surface area contributed by atoms with Gasteiger partial charge in [0.15, 0.2) is 0 Å². The van der Waals surface area contributed by atoms with E-state index in [1.165, 1.54) is 86.9 Å². The van der Waals surface area contributed by atoms with Gasteiger partial charge >= 0.3 is 0 Å². The van der Waals surface area contributed by atoms with Crippen molar-refractivity contribution < 1.29 is 0 Å². The highest BCUT2D eigenvalue weighted by molar-refractivity contribution is 7.25. The standard InChI is InChI=1S/C57H41NS/c1-57(2)53-23-8-6-21-49(53)52-36-44(28-32-54(52)57)41-16-10-15-40(33-41)43-18-12-20-48(35-43)58(47-19-11-17-42(34-47)38-13-4-3-5-14-38)46-29-25-39(26-30-46)45-27-31-51-50-22-7-9-24-55(50)59-56(51)37-45/h3-37H,1-2H3. The summed E-state index contributed by atoms with van der Waals surface area (Å²) in [4.78, 5) is 2.39. The van der Waals surface area contributed by atoms with Crippen molar-refractivity contribution in [3.05, 3.63) is 223 Å². The Labute approximate surface area is 350 Å². The molecule has 0 N–H and O–H groups in total. The summed E-state index contributed by atoms with van der Waals surface area (Å²) in [5.74, 6) is 0. The zero-order valence-corrected chi connectivity index (χ0v) is 33.9. The van der Waals surface area contributed by atoms with Gasteiger partial charge in [-0.3, -0.25) is 0 Å². The van der Waals surface area contributed by atoms with Crippen molar-refractivity contribution in [2.75, 3.05) is 4.90 Å². The molecule has 0 radical (unpaired) electrons. The summed E-state index contributed by atoms with van der Waals surface area (Å²) in [6, 6.07) is 78.1. The Hall–Kier alpha value is -7.00. The lowest BCUT2D eigenvalue weighted by Gasteiger charge is -2.27. The van der Waals surface area contributed by atoms with Gasteiger partial charge in [-0.15, -0.1) is 11.3 Å². The third-order valence-electron chi connectivity index (χ3n) is 12.3. The fourth-order valence-electron chi connectivity index (χ4n) is 9.21. The molecule has 0 spiro atoms. The number of hydrogen-bond donors (Lipinski definition) is 0. The first-order valence-electron chi connectivity index (χ1n) is 20.4. The van der Waals surface area contributed by atoms with Gasteiger partial charge in [-0.25, -0.2) is 0 Å². The minimum atomic E-state index is -0.00644. The predicted octanol–water partition coefficient (Wildman–Crippen LogP) is 16.5. The lowest BCUT2D eigenvalue weighted by atomic mass is 9.82. The molecule has 1 nitrogen and oxygen atoms in total. The van der Waals surface area contributed by atoms with Crippen LogP contribution in [0.3, 0.4) is 0 Å². The van der Waals surface area contributed by atoms with Crippen LogP contribution in [0.2, 0.25) is 0 Å². The van der Waals surface area contributed by atoms with Gasteiger partial charge in [0, 0.05) is 42.6 Å². The van der Waals surface area contributed by atoms with E-state index in [2.05, 4.69) is 231 Å². The van der Waals surface area contributed by atoms with Crippen LogP contribution < -0.4 is 4.90 Å². The molecule has 11 rings (SSSR count). The zero-order chi connectivity index (χ0) is 39.5. The molecule has 0 bridgehead atoms. The molecule has 9 aromatic carbocycles. The van der Waals surface area contributed by atoms with Crippen molar-refractivity contribution in [1.82, 2.24) is 0 Å². The maximum atomic E-state index is 2.39. The average molecular weight is 772 g/mol. The third-order valence-corrected chi connectivity index (χ3v) is 13.4. The van der Waals surface area contributed by atoms with Crippen LogP contribution in [-0.4, -0.2) is 0 Å². The summed E-state index contributed by atoms with van der Waals surface area (Å²) >= 11 is 1.87. The van der Waals surface area contributed by atoms with E-state index in [1.807, 2.05) is 11.3 Å². The van der Waals surface area contributed by atoms with Crippen LogP contribution in [-0.2, 0) is 5.41 Å². The first kappa shape index (κ1) is 35.2. The van der Waals surface area contributed by atoms with Gasteiger partial charge in [0.05, 0.1) is 0 Å². The third kappa shape index (κ3) is 6.16. The van der Waals surface area contributed by atoms with Crippen LogP contribution in [0.15, 0.2) is 212 Å². The fourth-order valence-corrected chi connectivity index (χ4v) is 10.4. The molecule has 0 aliphatic heterocycles. The fraction of sp³-hybridized carbons (Fsp3) is 0.0526. The Morgan fingerprint density at radius 2 is 0.831 bits per heavy atom. The molecule has 1 heterocycles. The molecule has 0 atom stereocenters. The quantitative estimate of drug-likeness (QED) is 0.156. The van der Waals surface area contributed by atoms with Gasteiger partial charge in [0.2, 0.25) is 0 Å². The number of hydrogen-bond acceptors (Lipinski definition) is 2. The van der Waals surface area contributed by atoms with E-state index in [0.29, 0.717) is 0 Å². The summed E-state index contributed by atoms with van der Waals surface area (Å²) < 4.78 is 2.65. The van der Waals surface area contributed by atoms with Crippen molar-refractivity contribution in [1.29, 1.82) is 0 Å². The second kappa shape index (κ2) is 14.1. The van der Waals surface area contributed by atoms with E-state index >= 15 is 0 Å².